The van der Waals surface area contributed by atoms with E-state index in [0.717, 1.165) is 30.6 Å². The van der Waals surface area contributed by atoms with E-state index in [1.807, 2.05) is 0 Å². The summed E-state index contributed by atoms with van der Waals surface area (Å²) in [6, 6.07) is 1.25. The second-order valence-corrected chi connectivity index (χ2v) is 7.48. The summed E-state index contributed by atoms with van der Waals surface area (Å²) in [6.45, 7) is 1.64. The fourth-order valence-corrected chi connectivity index (χ4v) is 4.01. The van der Waals surface area contributed by atoms with Crippen molar-refractivity contribution in [3.63, 3.8) is 0 Å². The Morgan fingerprint density at radius 2 is 1.96 bits per heavy atom. The number of nitrogens with one attached hydrogen (secondary N) is 1. The second-order valence-electron chi connectivity index (χ2n) is 6.28. The minimum atomic E-state index is -1.03. The van der Waals surface area contributed by atoms with E-state index in [-0.39, 0.29) is 41.1 Å². The number of aromatic nitrogens is 1. The Morgan fingerprint density at radius 3 is 2.54 bits per heavy atom. The molecule has 0 unspecified atom stereocenters. The van der Waals surface area contributed by atoms with Crippen molar-refractivity contribution in [3.8, 4) is 11.3 Å². The zero-order chi connectivity index (χ0) is 18.1. The van der Waals surface area contributed by atoms with Gasteiger partial charge in [0.15, 0.2) is 5.13 Å². The number of carbonyl (C=O) groups excluding carboxylic acids is 1. The lowest BCUT2D eigenvalue weighted by Crippen LogP contribution is -2.28. The molecule has 2 atom stereocenters. The van der Waals surface area contributed by atoms with Gasteiger partial charge < -0.3 is 11.1 Å². The maximum absolute atomic E-state index is 13.9. The summed E-state index contributed by atoms with van der Waals surface area (Å²) in [5, 5.41) is 2.92. The quantitative estimate of drug-likeness (QED) is 0.791. The summed E-state index contributed by atoms with van der Waals surface area (Å²) >= 11 is 1.12. The van der Waals surface area contributed by atoms with Crippen molar-refractivity contribution in [3.05, 3.63) is 34.5 Å². The van der Waals surface area contributed by atoms with Crippen LogP contribution in [0.25, 0.3) is 11.3 Å². The van der Waals surface area contributed by atoms with Crippen LogP contribution in [0, 0.1) is 30.3 Å². The van der Waals surface area contributed by atoms with Gasteiger partial charge in [0.05, 0.1) is 11.3 Å². The fourth-order valence-electron chi connectivity index (χ4n) is 3.18. The van der Waals surface area contributed by atoms with Gasteiger partial charge in [-0.15, -0.1) is 23.7 Å². The molecule has 1 aliphatic carbocycles. The van der Waals surface area contributed by atoms with Gasteiger partial charge in [0.2, 0.25) is 5.91 Å². The average Bonchev–Trinajstić information content (AvgIpc) is 3.05. The van der Waals surface area contributed by atoms with E-state index in [9.17, 15) is 18.0 Å². The number of anilines is 1. The van der Waals surface area contributed by atoms with Crippen LogP contribution in [-0.4, -0.2) is 16.9 Å². The van der Waals surface area contributed by atoms with E-state index in [1.165, 1.54) is 0 Å². The van der Waals surface area contributed by atoms with E-state index >= 15 is 0 Å². The van der Waals surface area contributed by atoms with Gasteiger partial charge in [-0.3, -0.25) is 4.79 Å². The van der Waals surface area contributed by atoms with Gasteiger partial charge >= 0.3 is 0 Å². The highest BCUT2D eigenvalue weighted by molar-refractivity contribution is 7.16. The number of aryl methyl sites for hydroxylation is 1. The molecule has 0 radical (unpaired) electrons. The van der Waals surface area contributed by atoms with Gasteiger partial charge in [0.25, 0.3) is 0 Å². The van der Waals surface area contributed by atoms with Crippen LogP contribution in [0.2, 0.25) is 0 Å². The normalized spacial score (nSPS) is 19.3. The number of thiazole rings is 1. The SMILES string of the molecule is Cc1sc(NC(=O)C[C@@H]2CCC[C@H]2N)nc1-c1c(F)cc(F)cc1F.Cl. The zero-order valence-corrected chi connectivity index (χ0v) is 15.7. The molecule has 2 aromatic rings. The van der Waals surface area contributed by atoms with Crippen molar-refractivity contribution >= 4 is 34.8 Å². The maximum atomic E-state index is 13.9. The summed E-state index contributed by atoms with van der Waals surface area (Å²) in [5.41, 5.74) is 5.63. The Hall–Kier alpha value is -1.64. The lowest BCUT2D eigenvalue weighted by molar-refractivity contribution is -0.117. The second kappa shape index (κ2) is 8.37. The summed E-state index contributed by atoms with van der Waals surface area (Å²) in [5.74, 6) is -3.12. The standard InChI is InChI=1S/C17H18F3N3OS.ClH/c1-8-16(15-11(19)6-10(18)7-12(15)20)23-17(25-8)22-14(24)5-9-3-2-4-13(9)21;/h6-7,9,13H,2-5,21H2,1H3,(H,22,23,24);1H/t9-,13+;/m0./s1. The Labute approximate surface area is 159 Å². The van der Waals surface area contributed by atoms with Crippen LogP contribution in [0.15, 0.2) is 12.1 Å². The Morgan fingerprint density at radius 1 is 1.31 bits per heavy atom. The molecule has 0 spiro atoms. The van der Waals surface area contributed by atoms with Gasteiger partial charge in [-0.25, -0.2) is 18.2 Å². The predicted molar refractivity (Wildman–Crippen MR) is 98.0 cm³/mol. The molecule has 0 saturated heterocycles. The topological polar surface area (TPSA) is 68.0 Å². The third-order valence-electron chi connectivity index (χ3n) is 4.45. The van der Waals surface area contributed by atoms with Crippen molar-refractivity contribution < 1.29 is 18.0 Å². The molecule has 4 nitrogen and oxygen atoms in total. The van der Waals surface area contributed by atoms with E-state index in [4.69, 9.17) is 5.73 Å². The molecule has 1 heterocycles. The lowest BCUT2D eigenvalue weighted by atomic mass is 10.00. The number of rotatable bonds is 4. The smallest absolute Gasteiger partial charge is 0.226 e. The zero-order valence-electron chi connectivity index (χ0n) is 14.0. The molecule has 1 aliphatic rings. The highest BCUT2D eigenvalue weighted by Gasteiger charge is 2.27. The summed E-state index contributed by atoms with van der Waals surface area (Å²) in [4.78, 5) is 16.8. The number of amides is 1. The lowest BCUT2D eigenvalue weighted by Gasteiger charge is -2.13. The first-order chi connectivity index (χ1) is 11.8. The van der Waals surface area contributed by atoms with Crippen molar-refractivity contribution in [1.82, 2.24) is 4.98 Å². The van der Waals surface area contributed by atoms with Crippen LogP contribution < -0.4 is 11.1 Å². The van der Waals surface area contributed by atoms with E-state index in [2.05, 4.69) is 10.3 Å². The molecular formula is C17H19ClF3N3OS. The first kappa shape index (κ1) is 20.7. The average molecular weight is 406 g/mol. The molecule has 1 aromatic carbocycles. The van der Waals surface area contributed by atoms with Crippen molar-refractivity contribution in [2.75, 3.05) is 5.32 Å². The molecule has 1 fully saturated rings. The van der Waals surface area contributed by atoms with Gasteiger partial charge in [-0.2, -0.15) is 0 Å². The summed E-state index contributed by atoms with van der Waals surface area (Å²) < 4.78 is 41.0. The molecule has 3 rings (SSSR count). The summed E-state index contributed by atoms with van der Waals surface area (Å²) in [7, 11) is 0. The van der Waals surface area contributed by atoms with Crippen molar-refractivity contribution in [1.29, 1.82) is 0 Å². The predicted octanol–water partition coefficient (Wildman–Crippen LogP) is 4.41. The molecule has 1 aromatic heterocycles. The van der Waals surface area contributed by atoms with Gasteiger partial charge in [-0.1, -0.05) is 6.42 Å². The minimum Gasteiger partial charge on any atom is -0.327 e. The number of benzene rings is 1. The number of halogens is 4. The number of carbonyl (C=O) groups is 1. The highest BCUT2D eigenvalue weighted by Crippen LogP contribution is 2.34. The van der Waals surface area contributed by atoms with Gasteiger partial charge in [0, 0.05) is 29.5 Å². The Balaban J connectivity index is 0.00000243. The first-order valence-corrected chi connectivity index (χ1v) is 8.84. The van der Waals surface area contributed by atoms with E-state index in [0.29, 0.717) is 23.4 Å². The molecule has 0 aliphatic heterocycles. The van der Waals surface area contributed by atoms with Crippen LogP contribution in [0.1, 0.15) is 30.6 Å². The first-order valence-electron chi connectivity index (χ1n) is 8.03. The Bertz CT molecular complexity index is 792. The van der Waals surface area contributed by atoms with Crippen molar-refractivity contribution in [2.45, 2.75) is 38.6 Å². The number of hydrogen-bond acceptors (Lipinski definition) is 4. The van der Waals surface area contributed by atoms with Gasteiger partial charge in [-0.05, 0) is 25.7 Å². The van der Waals surface area contributed by atoms with Crippen LogP contribution in [0.3, 0.4) is 0 Å². The molecule has 26 heavy (non-hydrogen) atoms. The monoisotopic (exact) mass is 405 g/mol. The molecular weight excluding hydrogens is 387 g/mol. The number of nitrogens with zero attached hydrogens (tertiary/aromatic N) is 1. The minimum absolute atomic E-state index is 0. The number of nitrogens with two attached hydrogens (primary N) is 1. The maximum Gasteiger partial charge on any atom is 0.226 e. The highest BCUT2D eigenvalue weighted by atomic mass is 35.5. The fraction of sp³-hybridized carbons (Fsp3) is 0.412. The molecule has 3 N–H and O–H groups in total. The van der Waals surface area contributed by atoms with E-state index < -0.39 is 23.0 Å². The van der Waals surface area contributed by atoms with Crippen LogP contribution >= 0.6 is 23.7 Å². The van der Waals surface area contributed by atoms with Crippen LogP contribution in [0.4, 0.5) is 18.3 Å². The molecule has 1 amide bonds. The number of hydrogen-bond donors (Lipinski definition) is 2. The molecule has 1 saturated carbocycles. The molecule has 0 bridgehead atoms. The largest absolute Gasteiger partial charge is 0.327 e. The van der Waals surface area contributed by atoms with Crippen LogP contribution in [-0.2, 0) is 4.79 Å². The van der Waals surface area contributed by atoms with Crippen LogP contribution in [0.5, 0.6) is 0 Å². The van der Waals surface area contributed by atoms with Crippen molar-refractivity contribution in [2.24, 2.45) is 11.7 Å². The summed E-state index contributed by atoms with van der Waals surface area (Å²) in [6.07, 6.45) is 3.15. The van der Waals surface area contributed by atoms with E-state index in [1.54, 1.807) is 6.92 Å². The molecule has 142 valence electrons. The third kappa shape index (κ3) is 4.36. The van der Waals surface area contributed by atoms with Gasteiger partial charge in [0.1, 0.15) is 17.5 Å². The Kier molecular flexibility index (Phi) is 6.65. The third-order valence-corrected chi connectivity index (χ3v) is 5.34. The molecule has 9 heteroatoms.